The van der Waals surface area contributed by atoms with Gasteiger partial charge in [-0.15, -0.1) is 11.3 Å². The average molecular weight is 307 g/mol. The van der Waals surface area contributed by atoms with Gasteiger partial charge in [-0.2, -0.15) is 0 Å². The first-order valence-corrected chi connectivity index (χ1v) is 7.95. The van der Waals surface area contributed by atoms with Gasteiger partial charge in [-0.05, 0) is 31.0 Å². The quantitative estimate of drug-likeness (QED) is 0.848. The maximum Gasteiger partial charge on any atom is 0.161 e. The third-order valence-electron chi connectivity index (χ3n) is 3.13. The van der Waals surface area contributed by atoms with Crippen molar-refractivity contribution in [2.24, 2.45) is 0 Å². The number of aromatic nitrogens is 1. The third-order valence-corrected chi connectivity index (χ3v) is 4.26. The maximum absolute atomic E-state index is 9.39. The summed E-state index contributed by atoms with van der Waals surface area (Å²) >= 11 is 1.53. The largest absolute Gasteiger partial charge is 0.493 e. The highest BCUT2D eigenvalue weighted by Gasteiger charge is 2.13. The standard InChI is InChI=1S/C16H21NO3S/c1-4-8-20-14-9-11(6-7-13(14)19-3)16-17-12(5-2)15(10-18)21-16/h6-7,9,18H,4-5,8,10H2,1-3H3. The second kappa shape index (κ2) is 7.43. The Kier molecular flexibility index (Phi) is 5.59. The van der Waals surface area contributed by atoms with E-state index in [1.807, 2.05) is 25.1 Å². The summed E-state index contributed by atoms with van der Waals surface area (Å²) in [5.74, 6) is 1.46. The van der Waals surface area contributed by atoms with Crippen LogP contribution in [0.5, 0.6) is 11.5 Å². The zero-order valence-electron chi connectivity index (χ0n) is 12.7. The normalized spacial score (nSPS) is 10.7. The average Bonchev–Trinajstić information content (AvgIpc) is 2.95. The lowest BCUT2D eigenvalue weighted by atomic mass is 10.2. The molecule has 1 aromatic heterocycles. The second-order valence-electron chi connectivity index (χ2n) is 4.61. The van der Waals surface area contributed by atoms with E-state index in [9.17, 15) is 5.11 Å². The molecule has 0 amide bonds. The molecule has 2 aromatic rings. The zero-order valence-corrected chi connectivity index (χ0v) is 13.5. The molecule has 21 heavy (non-hydrogen) atoms. The molecule has 1 aromatic carbocycles. The van der Waals surface area contributed by atoms with Crippen LogP contribution in [0, 0.1) is 0 Å². The number of aliphatic hydroxyl groups is 1. The van der Waals surface area contributed by atoms with Crippen molar-refractivity contribution in [3.8, 4) is 22.1 Å². The first kappa shape index (κ1) is 15.8. The molecule has 1 N–H and O–H groups in total. The van der Waals surface area contributed by atoms with E-state index in [2.05, 4.69) is 11.9 Å². The van der Waals surface area contributed by atoms with Gasteiger partial charge in [-0.25, -0.2) is 4.98 Å². The van der Waals surface area contributed by atoms with E-state index in [1.165, 1.54) is 11.3 Å². The van der Waals surface area contributed by atoms with Crippen LogP contribution in [0.15, 0.2) is 18.2 Å². The van der Waals surface area contributed by atoms with Crippen molar-refractivity contribution >= 4 is 11.3 Å². The summed E-state index contributed by atoms with van der Waals surface area (Å²) in [6.07, 6.45) is 1.76. The molecular weight excluding hydrogens is 286 g/mol. The summed E-state index contributed by atoms with van der Waals surface area (Å²) in [6.45, 7) is 4.80. The van der Waals surface area contributed by atoms with Gasteiger partial charge in [0.15, 0.2) is 11.5 Å². The first-order valence-electron chi connectivity index (χ1n) is 7.14. The van der Waals surface area contributed by atoms with Gasteiger partial charge in [-0.1, -0.05) is 13.8 Å². The van der Waals surface area contributed by atoms with Crippen LogP contribution in [0.4, 0.5) is 0 Å². The molecule has 0 bridgehead atoms. The number of hydrogen-bond donors (Lipinski definition) is 1. The van der Waals surface area contributed by atoms with Crippen LogP contribution in [-0.2, 0) is 13.0 Å². The topological polar surface area (TPSA) is 51.6 Å². The molecule has 2 rings (SSSR count). The summed E-state index contributed by atoms with van der Waals surface area (Å²) in [7, 11) is 1.64. The number of benzene rings is 1. The number of rotatable bonds is 7. The molecule has 114 valence electrons. The molecule has 4 nitrogen and oxygen atoms in total. The minimum absolute atomic E-state index is 0.0379. The Hall–Kier alpha value is -1.59. The Morgan fingerprint density at radius 1 is 1.24 bits per heavy atom. The molecule has 0 aliphatic carbocycles. The van der Waals surface area contributed by atoms with E-state index >= 15 is 0 Å². The molecule has 0 fully saturated rings. The van der Waals surface area contributed by atoms with E-state index in [0.717, 1.165) is 45.5 Å². The highest BCUT2D eigenvalue weighted by molar-refractivity contribution is 7.15. The lowest BCUT2D eigenvalue weighted by molar-refractivity contribution is 0.284. The van der Waals surface area contributed by atoms with Gasteiger partial charge in [-0.3, -0.25) is 0 Å². The number of aryl methyl sites for hydroxylation is 1. The smallest absolute Gasteiger partial charge is 0.161 e. The van der Waals surface area contributed by atoms with Gasteiger partial charge in [0.2, 0.25) is 0 Å². The fourth-order valence-corrected chi connectivity index (χ4v) is 3.05. The number of methoxy groups -OCH3 is 1. The lowest BCUT2D eigenvalue weighted by Gasteiger charge is -2.10. The summed E-state index contributed by atoms with van der Waals surface area (Å²) in [5.41, 5.74) is 1.95. The Labute approximate surface area is 129 Å². The van der Waals surface area contributed by atoms with Crippen LogP contribution in [0.3, 0.4) is 0 Å². The molecule has 0 aliphatic heterocycles. The molecule has 0 saturated carbocycles. The Morgan fingerprint density at radius 2 is 2.05 bits per heavy atom. The van der Waals surface area contributed by atoms with E-state index in [-0.39, 0.29) is 6.61 Å². The Balaban J connectivity index is 2.37. The van der Waals surface area contributed by atoms with E-state index in [1.54, 1.807) is 7.11 Å². The SMILES string of the molecule is CCCOc1cc(-c2nc(CC)c(CO)s2)ccc1OC. The number of ether oxygens (including phenoxy) is 2. The molecule has 1 heterocycles. The van der Waals surface area contributed by atoms with Crippen LogP contribution in [0.25, 0.3) is 10.6 Å². The number of thiazole rings is 1. The molecule has 0 saturated heterocycles. The van der Waals surface area contributed by atoms with Crippen molar-refractivity contribution in [3.05, 3.63) is 28.8 Å². The molecule has 5 heteroatoms. The van der Waals surface area contributed by atoms with Crippen molar-refractivity contribution in [1.29, 1.82) is 0 Å². The van der Waals surface area contributed by atoms with Crippen LogP contribution in [0.2, 0.25) is 0 Å². The fourth-order valence-electron chi connectivity index (χ4n) is 2.04. The summed E-state index contributed by atoms with van der Waals surface area (Å²) in [4.78, 5) is 5.54. The highest BCUT2D eigenvalue weighted by Crippen LogP contribution is 2.35. The van der Waals surface area contributed by atoms with E-state index < -0.39 is 0 Å². The van der Waals surface area contributed by atoms with Crippen molar-refractivity contribution < 1.29 is 14.6 Å². The first-order chi connectivity index (χ1) is 10.2. The van der Waals surface area contributed by atoms with Gasteiger partial charge >= 0.3 is 0 Å². The van der Waals surface area contributed by atoms with Gasteiger partial charge in [0.05, 0.1) is 30.9 Å². The Morgan fingerprint density at radius 3 is 2.62 bits per heavy atom. The van der Waals surface area contributed by atoms with Gasteiger partial charge < -0.3 is 14.6 Å². The van der Waals surface area contributed by atoms with Crippen molar-refractivity contribution in [1.82, 2.24) is 4.98 Å². The fraction of sp³-hybridized carbons (Fsp3) is 0.438. The van der Waals surface area contributed by atoms with Crippen molar-refractivity contribution in [3.63, 3.8) is 0 Å². The molecule has 0 unspecified atom stereocenters. The van der Waals surface area contributed by atoms with Crippen LogP contribution in [0.1, 0.15) is 30.8 Å². The van der Waals surface area contributed by atoms with Crippen LogP contribution < -0.4 is 9.47 Å². The van der Waals surface area contributed by atoms with E-state index in [4.69, 9.17) is 9.47 Å². The molecular formula is C16H21NO3S. The van der Waals surface area contributed by atoms with Gasteiger partial charge in [0, 0.05) is 5.56 Å². The molecule has 0 radical (unpaired) electrons. The number of nitrogens with zero attached hydrogens (tertiary/aromatic N) is 1. The predicted octanol–water partition coefficient (Wildman–Crippen LogP) is 3.66. The number of hydrogen-bond acceptors (Lipinski definition) is 5. The number of aliphatic hydroxyl groups excluding tert-OH is 1. The van der Waals surface area contributed by atoms with Crippen LogP contribution >= 0.6 is 11.3 Å². The summed E-state index contributed by atoms with van der Waals surface area (Å²) in [5, 5.41) is 10.3. The summed E-state index contributed by atoms with van der Waals surface area (Å²) < 4.78 is 11.1. The maximum atomic E-state index is 9.39. The van der Waals surface area contributed by atoms with Gasteiger partial charge in [0.25, 0.3) is 0 Å². The molecule has 0 atom stereocenters. The zero-order chi connectivity index (χ0) is 15.2. The predicted molar refractivity (Wildman–Crippen MR) is 85.2 cm³/mol. The minimum Gasteiger partial charge on any atom is -0.493 e. The van der Waals surface area contributed by atoms with Crippen LogP contribution in [-0.4, -0.2) is 23.8 Å². The van der Waals surface area contributed by atoms with Crippen molar-refractivity contribution in [2.45, 2.75) is 33.3 Å². The third kappa shape index (κ3) is 3.54. The van der Waals surface area contributed by atoms with E-state index in [0.29, 0.717) is 6.61 Å². The van der Waals surface area contributed by atoms with Gasteiger partial charge in [0.1, 0.15) is 5.01 Å². The molecule has 0 spiro atoms. The molecule has 0 aliphatic rings. The lowest BCUT2D eigenvalue weighted by Crippen LogP contribution is -1.98. The minimum atomic E-state index is 0.0379. The Bertz CT molecular complexity index is 574. The summed E-state index contributed by atoms with van der Waals surface area (Å²) in [6, 6.07) is 5.82. The highest BCUT2D eigenvalue weighted by atomic mass is 32.1. The second-order valence-corrected chi connectivity index (χ2v) is 5.70. The van der Waals surface area contributed by atoms with Crippen molar-refractivity contribution in [2.75, 3.05) is 13.7 Å². The monoisotopic (exact) mass is 307 g/mol.